The summed E-state index contributed by atoms with van der Waals surface area (Å²) in [5.74, 6) is -0.613. The van der Waals surface area contributed by atoms with E-state index in [1.54, 1.807) is 6.08 Å². The minimum atomic E-state index is -0.613. The van der Waals surface area contributed by atoms with Crippen molar-refractivity contribution >= 4 is 17.3 Å². The molecule has 0 aliphatic carbocycles. The van der Waals surface area contributed by atoms with Gasteiger partial charge >= 0.3 is 5.97 Å². The minimum Gasteiger partial charge on any atom is -0.457 e. The summed E-state index contributed by atoms with van der Waals surface area (Å²) in [5.41, 5.74) is 7.08. The number of nitrogens with zero attached hydrogens (tertiary/aromatic N) is 1. The SMILES string of the molecule is C=CCc1cc([N+](=O)[O-])cc(N)c1C(=O)OCc1ccccc1. The average Bonchev–Trinajstić information content (AvgIpc) is 2.53. The van der Waals surface area contributed by atoms with E-state index < -0.39 is 10.9 Å². The fraction of sp³-hybridized carbons (Fsp3) is 0.118. The number of nitro groups is 1. The third-order valence-electron chi connectivity index (χ3n) is 3.23. The van der Waals surface area contributed by atoms with E-state index in [1.807, 2.05) is 30.3 Å². The molecule has 0 saturated carbocycles. The van der Waals surface area contributed by atoms with Crippen LogP contribution in [0.5, 0.6) is 0 Å². The molecule has 0 atom stereocenters. The fourth-order valence-corrected chi connectivity index (χ4v) is 2.18. The number of benzene rings is 2. The molecule has 0 unspecified atom stereocenters. The Morgan fingerprint density at radius 3 is 2.61 bits per heavy atom. The maximum atomic E-state index is 12.3. The van der Waals surface area contributed by atoms with Gasteiger partial charge in [0.05, 0.1) is 16.2 Å². The molecule has 0 radical (unpaired) electrons. The van der Waals surface area contributed by atoms with E-state index >= 15 is 0 Å². The van der Waals surface area contributed by atoms with E-state index in [9.17, 15) is 14.9 Å². The first-order chi connectivity index (χ1) is 11.0. The van der Waals surface area contributed by atoms with Crippen molar-refractivity contribution in [2.24, 2.45) is 0 Å². The van der Waals surface area contributed by atoms with Gasteiger partial charge in [-0.3, -0.25) is 10.1 Å². The molecule has 2 aromatic carbocycles. The second-order valence-electron chi connectivity index (χ2n) is 4.88. The van der Waals surface area contributed by atoms with Gasteiger partial charge in [0.15, 0.2) is 0 Å². The molecule has 6 heteroatoms. The predicted octanol–water partition coefficient (Wildman–Crippen LogP) is 3.26. The van der Waals surface area contributed by atoms with Crippen molar-refractivity contribution in [1.82, 2.24) is 0 Å². The molecule has 0 aromatic heterocycles. The lowest BCUT2D eigenvalue weighted by molar-refractivity contribution is -0.384. The van der Waals surface area contributed by atoms with Crippen LogP contribution in [0.1, 0.15) is 21.5 Å². The first kappa shape index (κ1) is 16.2. The highest BCUT2D eigenvalue weighted by Crippen LogP contribution is 2.26. The molecule has 0 saturated heterocycles. The zero-order valence-electron chi connectivity index (χ0n) is 12.4. The first-order valence-corrected chi connectivity index (χ1v) is 6.91. The quantitative estimate of drug-likeness (QED) is 0.290. The maximum Gasteiger partial charge on any atom is 0.340 e. The van der Waals surface area contributed by atoms with E-state index in [1.165, 1.54) is 6.07 Å². The molecular weight excluding hydrogens is 296 g/mol. The van der Waals surface area contributed by atoms with Gasteiger partial charge < -0.3 is 10.5 Å². The van der Waals surface area contributed by atoms with Gasteiger partial charge in [-0.1, -0.05) is 36.4 Å². The highest BCUT2D eigenvalue weighted by Gasteiger charge is 2.20. The molecule has 23 heavy (non-hydrogen) atoms. The van der Waals surface area contributed by atoms with Crippen LogP contribution < -0.4 is 5.73 Å². The van der Waals surface area contributed by atoms with Gasteiger partial charge in [-0.05, 0) is 17.5 Å². The monoisotopic (exact) mass is 312 g/mol. The summed E-state index contributed by atoms with van der Waals surface area (Å²) in [6.07, 6.45) is 1.83. The van der Waals surface area contributed by atoms with Crippen LogP contribution in [-0.4, -0.2) is 10.9 Å². The van der Waals surface area contributed by atoms with Gasteiger partial charge in [0.1, 0.15) is 6.61 Å². The number of allylic oxidation sites excluding steroid dienone is 1. The van der Waals surface area contributed by atoms with Gasteiger partial charge in [-0.25, -0.2) is 4.79 Å². The zero-order valence-corrected chi connectivity index (χ0v) is 12.4. The molecule has 0 fully saturated rings. The zero-order chi connectivity index (χ0) is 16.8. The van der Waals surface area contributed by atoms with E-state index in [2.05, 4.69) is 6.58 Å². The van der Waals surface area contributed by atoms with Gasteiger partial charge in [-0.2, -0.15) is 0 Å². The number of rotatable bonds is 6. The van der Waals surface area contributed by atoms with Crippen LogP contribution in [0.2, 0.25) is 0 Å². The molecule has 2 N–H and O–H groups in total. The van der Waals surface area contributed by atoms with Crippen molar-refractivity contribution in [3.05, 3.63) is 81.9 Å². The maximum absolute atomic E-state index is 12.3. The number of hydrogen-bond acceptors (Lipinski definition) is 5. The van der Waals surface area contributed by atoms with Gasteiger partial charge in [0.25, 0.3) is 5.69 Å². The van der Waals surface area contributed by atoms with Crippen LogP contribution in [-0.2, 0) is 17.8 Å². The first-order valence-electron chi connectivity index (χ1n) is 6.91. The summed E-state index contributed by atoms with van der Waals surface area (Å²) in [5, 5.41) is 10.9. The predicted molar refractivity (Wildman–Crippen MR) is 87.0 cm³/mol. The number of carbonyl (C=O) groups is 1. The van der Waals surface area contributed by atoms with E-state index in [0.717, 1.165) is 11.6 Å². The van der Waals surface area contributed by atoms with Crippen molar-refractivity contribution in [1.29, 1.82) is 0 Å². The Bertz CT molecular complexity index is 742. The molecule has 0 heterocycles. The lowest BCUT2D eigenvalue weighted by Gasteiger charge is -2.11. The summed E-state index contributed by atoms with van der Waals surface area (Å²) in [6.45, 7) is 3.69. The Morgan fingerprint density at radius 2 is 2.00 bits per heavy atom. The molecule has 0 aliphatic heterocycles. The number of nitrogen functional groups attached to an aromatic ring is 1. The summed E-state index contributed by atoms with van der Waals surface area (Å²) >= 11 is 0. The van der Waals surface area contributed by atoms with E-state index in [4.69, 9.17) is 10.5 Å². The summed E-state index contributed by atoms with van der Waals surface area (Å²) < 4.78 is 5.26. The minimum absolute atomic E-state index is 0.0223. The number of carbonyl (C=O) groups excluding carboxylic acids is 1. The number of non-ortho nitro benzene ring substituents is 1. The molecule has 0 amide bonds. The molecule has 0 spiro atoms. The Morgan fingerprint density at radius 1 is 1.30 bits per heavy atom. The van der Waals surface area contributed by atoms with Gasteiger partial charge in [-0.15, -0.1) is 6.58 Å². The van der Waals surface area contributed by atoms with E-state index in [0.29, 0.717) is 5.56 Å². The Hall–Kier alpha value is -3.15. The molecule has 118 valence electrons. The average molecular weight is 312 g/mol. The summed E-state index contributed by atoms with van der Waals surface area (Å²) in [7, 11) is 0. The summed E-state index contributed by atoms with van der Waals surface area (Å²) in [4.78, 5) is 22.7. The van der Waals surface area contributed by atoms with Crippen molar-refractivity contribution in [3.63, 3.8) is 0 Å². The normalized spacial score (nSPS) is 10.1. The third-order valence-corrected chi connectivity index (χ3v) is 3.23. The molecule has 0 bridgehead atoms. The molecule has 6 nitrogen and oxygen atoms in total. The number of anilines is 1. The van der Waals surface area contributed by atoms with Crippen LogP contribution in [0.3, 0.4) is 0 Å². The Labute approximate surface area is 133 Å². The van der Waals surface area contributed by atoms with Gasteiger partial charge in [0.2, 0.25) is 0 Å². The van der Waals surface area contributed by atoms with Crippen LogP contribution >= 0.6 is 0 Å². The number of ether oxygens (including phenoxy) is 1. The van der Waals surface area contributed by atoms with Gasteiger partial charge in [0, 0.05) is 12.1 Å². The van der Waals surface area contributed by atoms with Crippen molar-refractivity contribution in [2.45, 2.75) is 13.0 Å². The fourth-order valence-electron chi connectivity index (χ4n) is 2.18. The topological polar surface area (TPSA) is 95.5 Å². The van der Waals surface area contributed by atoms with Crippen LogP contribution in [0, 0.1) is 10.1 Å². The number of nitro benzene ring substituents is 1. The second-order valence-corrected chi connectivity index (χ2v) is 4.88. The van der Waals surface area contributed by atoms with Crippen LogP contribution in [0.25, 0.3) is 0 Å². The van der Waals surface area contributed by atoms with Crippen molar-refractivity contribution in [3.8, 4) is 0 Å². The lowest BCUT2D eigenvalue weighted by Crippen LogP contribution is -2.12. The van der Waals surface area contributed by atoms with Crippen molar-refractivity contribution in [2.75, 3.05) is 5.73 Å². The highest BCUT2D eigenvalue weighted by atomic mass is 16.6. The Kier molecular flexibility index (Phi) is 5.09. The molecule has 2 aromatic rings. The molecule has 2 rings (SSSR count). The number of nitrogens with two attached hydrogens (primary N) is 1. The third kappa shape index (κ3) is 3.94. The second kappa shape index (κ2) is 7.22. The molecular formula is C17H16N2O4. The smallest absolute Gasteiger partial charge is 0.340 e. The van der Waals surface area contributed by atoms with Crippen LogP contribution in [0.4, 0.5) is 11.4 Å². The summed E-state index contributed by atoms with van der Waals surface area (Å²) in [6, 6.07) is 11.7. The Balaban J connectivity index is 2.27. The van der Waals surface area contributed by atoms with Crippen molar-refractivity contribution < 1.29 is 14.5 Å². The number of hydrogen-bond donors (Lipinski definition) is 1. The largest absolute Gasteiger partial charge is 0.457 e. The molecule has 0 aliphatic rings. The highest BCUT2D eigenvalue weighted by molar-refractivity contribution is 5.97. The van der Waals surface area contributed by atoms with Crippen LogP contribution in [0.15, 0.2) is 55.1 Å². The van der Waals surface area contributed by atoms with E-state index in [-0.39, 0.29) is 30.0 Å². The lowest BCUT2D eigenvalue weighted by atomic mass is 10.0. The standard InChI is InChI=1S/C17H16N2O4/c1-2-6-13-9-14(19(21)22)10-15(18)16(13)17(20)23-11-12-7-4-3-5-8-12/h2-5,7-10H,1,6,11,18H2. The number of esters is 1.